The van der Waals surface area contributed by atoms with Crippen LogP contribution in [0.5, 0.6) is 5.75 Å². The topological polar surface area (TPSA) is 97.7 Å². The fourth-order valence-electron chi connectivity index (χ4n) is 3.62. The van der Waals surface area contributed by atoms with E-state index in [-0.39, 0.29) is 17.3 Å². The minimum absolute atomic E-state index is 0.0222. The molecule has 3 aromatic rings. The number of aromatic nitrogens is 1. The second-order valence-electron chi connectivity index (χ2n) is 7.68. The summed E-state index contributed by atoms with van der Waals surface area (Å²) in [4.78, 5) is 25.4. The number of anilines is 2. The largest absolute Gasteiger partial charge is 0.497 e. The molecule has 0 saturated heterocycles. The predicted molar refractivity (Wildman–Crippen MR) is 129 cm³/mol. The van der Waals surface area contributed by atoms with Crippen molar-refractivity contribution in [3.63, 3.8) is 0 Å². The molecule has 0 aliphatic heterocycles. The molecule has 1 aromatic heterocycles. The Labute approximate surface area is 191 Å². The van der Waals surface area contributed by atoms with Gasteiger partial charge in [-0.05, 0) is 62.7 Å². The Balaban J connectivity index is 1.93. The average molecular weight is 478 g/mol. The van der Waals surface area contributed by atoms with Gasteiger partial charge < -0.3 is 10.1 Å². The van der Waals surface area contributed by atoms with Gasteiger partial charge in [0.05, 0.1) is 29.3 Å². The molecule has 3 rings (SSSR count). The van der Waals surface area contributed by atoms with Crippen molar-refractivity contribution in [1.29, 1.82) is 0 Å². The van der Waals surface area contributed by atoms with Crippen molar-refractivity contribution < 1.29 is 17.9 Å². The molecule has 0 saturated carbocycles. The first-order valence-corrected chi connectivity index (χ1v) is 12.8. The number of carbonyl (C=O) groups is 1. The van der Waals surface area contributed by atoms with Crippen molar-refractivity contribution in [2.75, 3.05) is 23.0 Å². The van der Waals surface area contributed by atoms with E-state index in [0.717, 1.165) is 32.1 Å². The smallest absolute Gasteiger partial charge is 0.308 e. The number of carbonyl (C=O) groups excluding carboxylic acids is 1. The van der Waals surface area contributed by atoms with Crippen molar-refractivity contribution >= 4 is 48.9 Å². The quantitative estimate of drug-likeness (QED) is 0.532. The Bertz CT molecular complexity index is 1280. The SMILES string of the molecule is CCC(C(=O)Nc1ccc2c(c1)sc(=O)n2C(C)C)N(c1ccc(OC)cc1)S(C)(=O)=O. The van der Waals surface area contributed by atoms with Gasteiger partial charge in [0.25, 0.3) is 0 Å². The van der Waals surface area contributed by atoms with E-state index in [1.54, 1.807) is 54.0 Å². The molecule has 0 aliphatic carbocycles. The number of methoxy groups -OCH3 is 1. The van der Waals surface area contributed by atoms with E-state index in [1.165, 1.54) is 7.11 Å². The summed E-state index contributed by atoms with van der Waals surface area (Å²) in [7, 11) is -2.22. The highest BCUT2D eigenvalue weighted by Gasteiger charge is 2.31. The number of amides is 1. The van der Waals surface area contributed by atoms with Crippen LogP contribution in [0.15, 0.2) is 47.3 Å². The van der Waals surface area contributed by atoms with Crippen LogP contribution >= 0.6 is 11.3 Å². The Morgan fingerprint density at radius 1 is 1.19 bits per heavy atom. The highest BCUT2D eigenvalue weighted by molar-refractivity contribution is 7.92. The van der Waals surface area contributed by atoms with E-state index in [4.69, 9.17) is 4.74 Å². The van der Waals surface area contributed by atoms with Gasteiger partial charge in [-0.1, -0.05) is 18.3 Å². The zero-order chi connectivity index (χ0) is 23.6. The number of benzene rings is 2. The van der Waals surface area contributed by atoms with E-state index in [0.29, 0.717) is 17.1 Å². The summed E-state index contributed by atoms with van der Waals surface area (Å²) < 4.78 is 33.9. The average Bonchev–Trinajstić information content (AvgIpc) is 3.06. The fourth-order valence-corrected chi connectivity index (χ4v) is 5.88. The zero-order valence-corrected chi connectivity index (χ0v) is 20.3. The van der Waals surface area contributed by atoms with Gasteiger partial charge in [0.15, 0.2) is 0 Å². The number of fused-ring (bicyclic) bond motifs is 1. The third-order valence-corrected chi connectivity index (χ3v) is 7.15. The predicted octanol–water partition coefficient (Wildman–Crippen LogP) is 3.84. The first-order valence-electron chi connectivity index (χ1n) is 10.2. The van der Waals surface area contributed by atoms with Crippen LogP contribution in [0.25, 0.3) is 10.2 Å². The Morgan fingerprint density at radius 3 is 2.38 bits per heavy atom. The van der Waals surface area contributed by atoms with Gasteiger partial charge in [-0.3, -0.25) is 18.5 Å². The van der Waals surface area contributed by atoms with Crippen molar-refractivity contribution in [2.45, 2.75) is 39.3 Å². The molecule has 0 spiro atoms. The van der Waals surface area contributed by atoms with Gasteiger partial charge in [0, 0.05) is 11.7 Å². The first-order chi connectivity index (χ1) is 15.1. The molecular weight excluding hydrogens is 450 g/mol. The van der Waals surface area contributed by atoms with Crippen LogP contribution in [0, 0.1) is 0 Å². The molecule has 2 aromatic carbocycles. The zero-order valence-electron chi connectivity index (χ0n) is 18.7. The maximum Gasteiger partial charge on any atom is 0.308 e. The normalized spacial score (nSPS) is 12.7. The van der Waals surface area contributed by atoms with Crippen LogP contribution in [-0.2, 0) is 14.8 Å². The van der Waals surface area contributed by atoms with E-state index in [1.807, 2.05) is 13.8 Å². The van der Waals surface area contributed by atoms with Gasteiger partial charge in [0.1, 0.15) is 11.8 Å². The molecule has 0 bridgehead atoms. The van der Waals surface area contributed by atoms with Crippen LogP contribution in [-0.4, -0.2) is 38.3 Å². The Hall–Kier alpha value is -2.85. The molecule has 8 nitrogen and oxygen atoms in total. The van der Waals surface area contributed by atoms with Gasteiger partial charge in [0.2, 0.25) is 15.9 Å². The van der Waals surface area contributed by atoms with Crippen LogP contribution in [0.2, 0.25) is 0 Å². The van der Waals surface area contributed by atoms with E-state index < -0.39 is 22.0 Å². The van der Waals surface area contributed by atoms with Crippen LogP contribution in [0.3, 0.4) is 0 Å². The lowest BCUT2D eigenvalue weighted by Crippen LogP contribution is -2.46. The van der Waals surface area contributed by atoms with E-state index in [9.17, 15) is 18.0 Å². The lowest BCUT2D eigenvalue weighted by atomic mass is 10.1. The number of thiazole rings is 1. The van der Waals surface area contributed by atoms with Gasteiger partial charge in [-0.15, -0.1) is 0 Å². The number of nitrogens with zero attached hydrogens (tertiary/aromatic N) is 2. The van der Waals surface area contributed by atoms with Crippen molar-refractivity contribution in [2.24, 2.45) is 0 Å². The molecule has 1 N–H and O–H groups in total. The minimum atomic E-state index is -3.74. The molecule has 0 aliphatic rings. The third-order valence-electron chi connectivity index (χ3n) is 5.05. The molecule has 10 heteroatoms. The molecule has 1 unspecified atom stereocenters. The standard InChI is InChI=1S/C22H27N3O5S2/c1-6-18(25(32(5,28)29)16-8-10-17(30-4)11-9-16)21(26)23-15-7-12-19-20(13-15)31-22(27)24(19)14(2)3/h7-14,18H,6H2,1-5H3,(H,23,26). The van der Waals surface area contributed by atoms with Crippen molar-refractivity contribution in [1.82, 2.24) is 4.57 Å². The summed E-state index contributed by atoms with van der Waals surface area (Å²) in [6.45, 7) is 5.63. The lowest BCUT2D eigenvalue weighted by molar-refractivity contribution is -0.117. The minimum Gasteiger partial charge on any atom is -0.497 e. The first kappa shape index (κ1) is 23.8. The number of rotatable bonds is 8. The van der Waals surface area contributed by atoms with Crippen LogP contribution < -0.4 is 19.2 Å². The van der Waals surface area contributed by atoms with Crippen LogP contribution in [0.1, 0.15) is 33.2 Å². The summed E-state index contributed by atoms with van der Waals surface area (Å²) in [5.74, 6) is 0.129. The maximum atomic E-state index is 13.1. The van der Waals surface area contributed by atoms with Gasteiger partial charge >= 0.3 is 4.87 Å². The van der Waals surface area contributed by atoms with Crippen LogP contribution in [0.4, 0.5) is 11.4 Å². The number of nitrogens with one attached hydrogen (secondary N) is 1. The lowest BCUT2D eigenvalue weighted by Gasteiger charge is -2.30. The van der Waals surface area contributed by atoms with E-state index in [2.05, 4.69) is 5.32 Å². The second-order valence-corrected chi connectivity index (χ2v) is 10.5. The molecule has 32 heavy (non-hydrogen) atoms. The fraction of sp³-hybridized carbons (Fsp3) is 0.364. The summed E-state index contributed by atoms with van der Waals surface area (Å²) in [5, 5.41) is 2.81. The third kappa shape index (κ3) is 4.81. The number of hydrogen-bond donors (Lipinski definition) is 1. The summed E-state index contributed by atoms with van der Waals surface area (Å²) in [6.07, 6.45) is 1.34. The van der Waals surface area contributed by atoms with E-state index >= 15 is 0 Å². The summed E-state index contributed by atoms with van der Waals surface area (Å²) >= 11 is 1.11. The number of sulfonamides is 1. The van der Waals surface area contributed by atoms with Crippen molar-refractivity contribution in [3.8, 4) is 5.75 Å². The molecule has 1 heterocycles. The molecule has 172 valence electrons. The maximum absolute atomic E-state index is 13.1. The number of hydrogen-bond acceptors (Lipinski definition) is 6. The van der Waals surface area contributed by atoms with Crippen molar-refractivity contribution in [3.05, 3.63) is 52.1 Å². The van der Waals surface area contributed by atoms with Gasteiger partial charge in [-0.25, -0.2) is 8.42 Å². The molecule has 0 fully saturated rings. The molecule has 1 amide bonds. The number of ether oxygens (including phenoxy) is 1. The Morgan fingerprint density at radius 2 is 1.84 bits per heavy atom. The molecule has 1 atom stereocenters. The Kier molecular flexibility index (Phi) is 6.94. The highest BCUT2D eigenvalue weighted by atomic mass is 32.2. The highest BCUT2D eigenvalue weighted by Crippen LogP contribution is 2.27. The molecule has 0 radical (unpaired) electrons. The molecular formula is C22H27N3O5S2. The monoisotopic (exact) mass is 477 g/mol. The summed E-state index contributed by atoms with van der Waals surface area (Å²) in [5.41, 5.74) is 1.68. The summed E-state index contributed by atoms with van der Waals surface area (Å²) in [6, 6.07) is 10.8. The van der Waals surface area contributed by atoms with Gasteiger partial charge in [-0.2, -0.15) is 0 Å². The second kappa shape index (κ2) is 9.33.